The van der Waals surface area contributed by atoms with Crippen LogP contribution in [0.5, 0.6) is 0 Å². The van der Waals surface area contributed by atoms with Crippen LogP contribution in [0.2, 0.25) is 0 Å². The first-order chi connectivity index (χ1) is 11.5. The normalized spacial score (nSPS) is 30.2. The van der Waals surface area contributed by atoms with Crippen molar-refractivity contribution in [2.45, 2.75) is 30.6 Å². The average Bonchev–Trinajstić information content (AvgIpc) is 3.26. The molecule has 10 heteroatoms. The Kier molecular flexibility index (Phi) is 5.25. The topological polar surface area (TPSA) is 132 Å². The van der Waals surface area contributed by atoms with Crippen molar-refractivity contribution < 1.29 is 30.0 Å². The van der Waals surface area contributed by atoms with Crippen LogP contribution in [0, 0.1) is 0 Å². The summed E-state index contributed by atoms with van der Waals surface area (Å²) in [6, 6.07) is 3.50. The number of ketones is 1. The van der Waals surface area contributed by atoms with Crippen molar-refractivity contribution in [2.75, 3.05) is 11.9 Å². The fraction of sp³-hybridized carbons (Fsp3) is 0.429. The van der Waals surface area contributed by atoms with Gasteiger partial charge in [0.25, 0.3) is 0 Å². The summed E-state index contributed by atoms with van der Waals surface area (Å²) in [5.41, 5.74) is 0. The monoisotopic (exact) mass is 372 g/mol. The molecule has 130 valence electrons. The number of aromatic nitrogens is 1. The highest BCUT2D eigenvalue weighted by Gasteiger charge is 2.43. The van der Waals surface area contributed by atoms with Crippen molar-refractivity contribution in [1.82, 2.24) is 4.98 Å². The van der Waals surface area contributed by atoms with Gasteiger partial charge in [0.1, 0.15) is 24.4 Å². The molecular weight excluding hydrogens is 356 g/mol. The van der Waals surface area contributed by atoms with Gasteiger partial charge < -0.3 is 30.5 Å². The van der Waals surface area contributed by atoms with Gasteiger partial charge in [-0.3, -0.25) is 4.79 Å². The van der Waals surface area contributed by atoms with Gasteiger partial charge in [0.2, 0.25) is 5.78 Å². The van der Waals surface area contributed by atoms with Crippen LogP contribution < -0.4 is 5.32 Å². The molecule has 1 saturated heterocycles. The highest BCUT2D eigenvalue weighted by atomic mass is 32.1. The summed E-state index contributed by atoms with van der Waals surface area (Å²) >= 11 is 2.41. The third kappa shape index (κ3) is 3.35. The SMILES string of the molecule is O=C(c1cccs1)c1cnc(N[C@H]2OC(CO)[C@@H](O)C(O)[C@H]2O)s1. The molecule has 24 heavy (non-hydrogen) atoms. The Morgan fingerprint density at radius 1 is 1.25 bits per heavy atom. The molecule has 0 saturated carbocycles. The molecule has 2 unspecified atom stereocenters. The van der Waals surface area contributed by atoms with Gasteiger partial charge in [-0.25, -0.2) is 4.98 Å². The third-order valence-corrected chi connectivity index (χ3v) is 5.43. The predicted molar refractivity (Wildman–Crippen MR) is 87.3 cm³/mol. The Labute approximate surface area is 145 Å². The largest absolute Gasteiger partial charge is 0.394 e. The van der Waals surface area contributed by atoms with E-state index >= 15 is 0 Å². The van der Waals surface area contributed by atoms with Crippen LogP contribution in [0.15, 0.2) is 23.7 Å². The van der Waals surface area contributed by atoms with E-state index in [-0.39, 0.29) is 5.78 Å². The van der Waals surface area contributed by atoms with Gasteiger partial charge >= 0.3 is 0 Å². The summed E-state index contributed by atoms with van der Waals surface area (Å²) in [5.74, 6) is -0.149. The van der Waals surface area contributed by atoms with Crippen LogP contribution in [-0.2, 0) is 4.74 Å². The van der Waals surface area contributed by atoms with E-state index in [9.17, 15) is 20.1 Å². The van der Waals surface area contributed by atoms with Crippen molar-refractivity contribution in [3.63, 3.8) is 0 Å². The molecule has 0 amide bonds. The number of ether oxygens (including phenoxy) is 1. The van der Waals surface area contributed by atoms with Crippen LogP contribution in [0.3, 0.4) is 0 Å². The minimum atomic E-state index is -1.47. The molecule has 0 spiro atoms. The maximum Gasteiger partial charge on any atom is 0.214 e. The number of thiophene rings is 1. The Morgan fingerprint density at radius 2 is 2.04 bits per heavy atom. The van der Waals surface area contributed by atoms with Crippen LogP contribution in [0.1, 0.15) is 14.5 Å². The minimum Gasteiger partial charge on any atom is -0.394 e. The predicted octanol–water partition coefficient (Wildman–Crippen LogP) is -0.353. The fourth-order valence-corrected chi connectivity index (χ4v) is 3.86. The van der Waals surface area contributed by atoms with Crippen LogP contribution in [-0.4, -0.2) is 68.4 Å². The lowest BCUT2D eigenvalue weighted by Gasteiger charge is -2.40. The average molecular weight is 372 g/mol. The molecule has 3 rings (SSSR count). The van der Waals surface area contributed by atoms with Gasteiger partial charge in [-0.15, -0.1) is 11.3 Å². The molecule has 0 aromatic carbocycles. The lowest BCUT2D eigenvalue weighted by molar-refractivity contribution is -0.221. The zero-order valence-electron chi connectivity index (χ0n) is 12.3. The zero-order valence-corrected chi connectivity index (χ0v) is 13.9. The molecule has 5 atom stereocenters. The van der Waals surface area contributed by atoms with Gasteiger partial charge in [-0.1, -0.05) is 17.4 Å². The second-order valence-electron chi connectivity index (χ2n) is 5.23. The Balaban J connectivity index is 1.71. The van der Waals surface area contributed by atoms with Crippen LogP contribution in [0.4, 0.5) is 5.13 Å². The summed E-state index contributed by atoms with van der Waals surface area (Å²) in [4.78, 5) is 17.3. The van der Waals surface area contributed by atoms with Crippen molar-refractivity contribution in [3.05, 3.63) is 33.5 Å². The van der Waals surface area contributed by atoms with Crippen LogP contribution in [0.25, 0.3) is 0 Å². The summed E-state index contributed by atoms with van der Waals surface area (Å²) < 4.78 is 5.34. The smallest absolute Gasteiger partial charge is 0.214 e. The van der Waals surface area contributed by atoms with E-state index in [1.165, 1.54) is 17.5 Å². The second kappa shape index (κ2) is 7.23. The number of anilines is 1. The lowest BCUT2D eigenvalue weighted by Crippen LogP contribution is -2.60. The fourth-order valence-electron chi connectivity index (χ4n) is 2.32. The minimum absolute atomic E-state index is 0.149. The number of hydrogen-bond donors (Lipinski definition) is 5. The van der Waals surface area contributed by atoms with Crippen molar-refractivity contribution >= 4 is 33.6 Å². The maximum absolute atomic E-state index is 12.2. The number of thiazole rings is 1. The molecule has 0 radical (unpaired) electrons. The zero-order chi connectivity index (χ0) is 17.3. The first-order valence-electron chi connectivity index (χ1n) is 7.12. The number of nitrogens with zero attached hydrogens (tertiary/aromatic N) is 1. The van der Waals surface area contributed by atoms with Crippen LogP contribution >= 0.6 is 22.7 Å². The van der Waals surface area contributed by atoms with Gasteiger partial charge in [0, 0.05) is 0 Å². The molecule has 3 heterocycles. The highest BCUT2D eigenvalue weighted by molar-refractivity contribution is 7.19. The van der Waals surface area contributed by atoms with Crippen molar-refractivity contribution in [1.29, 1.82) is 0 Å². The van der Waals surface area contributed by atoms with Crippen molar-refractivity contribution in [3.8, 4) is 0 Å². The van der Waals surface area contributed by atoms with E-state index in [4.69, 9.17) is 9.84 Å². The summed E-state index contributed by atoms with van der Waals surface area (Å²) in [6.45, 7) is -0.511. The Bertz CT molecular complexity index is 689. The van der Waals surface area contributed by atoms with E-state index in [1.54, 1.807) is 17.5 Å². The van der Waals surface area contributed by atoms with Gasteiger partial charge in [0.05, 0.1) is 22.6 Å². The molecule has 5 N–H and O–H groups in total. The third-order valence-electron chi connectivity index (χ3n) is 3.63. The Hall–Kier alpha value is -1.40. The quantitative estimate of drug-likeness (QED) is 0.450. The standard InChI is InChI=1S/C14H16N2O6S2/c17-5-6-9(18)11(20)12(21)13(22-6)16-14-15-4-8(24-14)10(19)7-2-1-3-23-7/h1-4,6,9,11-13,17-18,20-21H,5H2,(H,15,16)/t6?,9-,11?,12-,13+/m1/s1. The summed E-state index contributed by atoms with van der Waals surface area (Å²) in [5, 5.41) is 43.6. The summed E-state index contributed by atoms with van der Waals surface area (Å²) in [7, 11) is 0. The molecule has 2 aromatic heterocycles. The summed E-state index contributed by atoms with van der Waals surface area (Å²) in [6.07, 6.45) is -4.97. The number of carbonyl (C=O) groups excluding carboxylic acids is 1. The Morgan fingerprint density at radius 3 is 2.71 bits per heavy atom. The molecule has 2 aromatic rings. The van der Waals surface area contributed by atoms with E-state index < -0.39 is 37.3 Å². The van der Waals surface area contributed by atoms with Gasteiger partial charge in [0.15, 0.2) is 11.4 Å². The molecular formula is C14H16N2O6S2. The number of hydrogen-bond acceptors (Lipinski definition) is 10. The molecule has 1 aliphatic rings. The van der Waals surface area contributed by atoms with Gasteiger partial charge in [-0.2, -0.15) is 0 Å². The maximum atomic E-state index is 12.2. The molecule has 1 aliphatic heterocycles. The number of nitrogens with one attached hydrogen (secondary N) is 1. The first-order valence-corrected chi connectivity index (χ1v) is 8.82. The number of carbonyl (C=O) groups is 1. The van der Waals surface area contributed by atoms with E-state index in [1.807, 2.05) is 0 Å². The number of aliphatic hydroxyl groups excluding tert-OH is 4. The molecule has 8 nitrogen and oxygen atoms in total. The lowest BCUT2D eigenvalue weighted by atomic mass is 9.98. The number of rotatable bonds is 5. The highest BCUT2D eigenvalue weighted by Crippen LogP contribution is 2.27. The van der Waals surface area contributed by atoms with E-state index in [0.29, 0.717) is 14.9 Å². The molecule has 0 bridgehead atoms. The van der Waals surface area contributed by atoms with Crippen molar-refractivity contribution in [2.24, 2.45) is 0 Å². The first kappa shape index (κ1) is 17.4. The molecule has 0 aliphatic carbocycles. The second-order valence-corrected chi connectivity index (χ2v) is 7.21. The van der Waals surface area contributed by atoms with E-state index in [2.05, 4.69) is 10.3 Å². The molecule has 1 fully saturated rings. The van der Waals surface area contributed by atoms with E-state index in [0.717, 1.165) is 11.3 Å². The number of aliphatic hydroxyl groups is 4. The van der Waals surface area contributed by atoms with Gasteiger partial charge in [-0.05, 0) is 11.4 Å².